The van der Waals surface area contributed by atoms with Crippen LogP contribution >= 0.6 is 11.6 Å². The summed E-state index contributed by atoms with van der Waals surface area (Å²) in [6.45, 7) is 0. The number of aromatic nitrogens is 3. The molecule has 0 bridgehead atoms. The first-order valence-electron chi connectivity index (χ1n) is 6.08. The van der Waals surface area contributed by atoms with Crippen LogP contribution in [-0.4, -0.2) is 21.9 Å². The smallest absolute Gasteiger partial charge is 0.167 e. The highest BCUT2D eigenvalue weighted by atomic mass is 35.5. The normalized spacial score (nSPS) is 14.7. The molecule has 1 aromatic heterocycles. The lowest BCUT2D eigenvalue weighted by Gasteiger charge is -2.09. The third-order valence-electron chi connectivity index (χ3n) is 3.22. The zero-order chi connectivity index (χ0) is 13.4. The van der Waals surface area contributed by atoms with Crippen LogP contribution in [0.15, 0.2) is 18.2 Å². The number of methoxy groups -OCH3 is 1. The van der Waals surface area contributed by atoms with Gasteiger partial charge in [0.25, 0.3) is 0 Å². The van der Waals surface area contributed by atoms with E-state index in [1.54, 1.807) is 12.1 Å². The minimum absolute atomic E-state index is 0.279. The van der Waals surface area contributed by atoms with Gasteiger partial charge < -0.3 is 9.30 Å². The summed E-state index contributed by atoms with van der Waals surface area (Å²) in [6.07, 6.45) is 2.12. The lowest BCUT2D eigenvalue weighted by atomic mass is 10.2. The van der Waals surface area contributed by atoms with E-state index in [1.807, 2.05) is 4.57 Å². The Labute approximate surface area is 115 Å². The number of hydrogen-bond donors (Lipinski definition) is 0. The molecule has 2 aromatic rings. The van der Waals surface area contributed by atoms with E-state index in [1.165, 1.54) is 13.2 Å². The van der Waals surface area contributed by atoms with E-state index >= 15 is 0 Å². The van der Waals surface area contributed by atoms with Gasteiger partial charge in [0, 0.05) is 12.1 Å². The van der Waals surface area contributed by atoms with Crippen molar-refractivity contribution >= 4 is 11.6 Å². The van der Waals surface area contributed by atoms with Crippen molar-refractivity contribution in [3.8, 4) is 17.1 Å². The molecule has 6 heteroatoms. The monoisotopic (exact) mass is 281 g/mol. The van der Waals surface area contributed by atoms with E-state index in [0.29, 0.717) is 29.0 Å². The average Bonchev–Trinajstić information content (AvgIpc) is 3.18. The summed E-state index contributed by atoms with van der Waals surface area (Å²) in [5.74, 6) is 1.63. The first-order valence-corrected chi connectivity index (χ1v) is 6.61. The van der Waals surface area contributed by atoms with Crippen LogP contribution in [0.5, 0.6) is 5.75 Å². The lowest BCUT2D eigenvalue weighted by Crippen LogP contribution is -2.03. The first kappa shape index (κ1) is 12.4. The molecule has 0 saturated heterocycles. The van der Waals surface area contributed by atoms with Crippen molar-refractivity contribution in [2.75, 3.05) is 7.11 Å². The van der Waals surface area contributed by atoms with Gasteiger partial charge in [0.1, 0.15) is 17.4 Å². The van der Waals surface area contributed by atoms with Gasteiger partial charge in [-0.2, -0.15) is 0 Å². The van der Waals surface area contributed by atoms with Crippen LogP contribution in [0.3, 0.4) is 0 Å². The Morgan fingerprint density at radius 2 is 2.21 bits per heavy atom. The van der Waals surface area contributed by atoms with E-state index in [-0.39, 0.29) is 11.7 Å². The minimum Gasteiger partial charge on any atom is -0.497 e. The van der Waals surface area contributed by atoms with Gasteiger partial charge in [-0.3, -0.25) is 0 Å². The standard InChI is InChI=1S/C13H13ClFN3O/c1-19-9-4-5-10(11(15)6-9)13-17-16-12(7-14)18(13)8-2-3-8/h4-6,8H,2-3,7H2,1H3. The highest BCUT2D eigenvalue weighted by Gasteiger charge is 2.30. The van der Waals surface area contributed by atoms with Crippen molar-refractivity contribution < 1.29 is 9.13 Å². The molecule has 100 valence electrons. The number of hydrogen-bond acceptors (Lipinski definition) is 3. The summed E-state index contributed by atoms with van der Waals surface area (Å²) in [5, 5.41) is 8.12. The summed E-state index contributed by atoms with van der Waals surface area (Å²) >= 11 is 5.86. The van der Waals surface area contributed by atoms with Crippen LogP contribution in [0.25, 0.3) is 11.4 Å². The fourth-order valence-corrected chi connectivity index (χ4v) is 2.30. The molecule has 4 nitrogen and oxygen atoms in total. The van der Waals surface area contributed by atoms with Crippen LogP contribution in [-0.2, 0) is 5.88 Å². The maximum Gasteiger partial charge on any atom is 0.167 e. The third-order valence-corrected chi connectivity index (χ3v) is 3.45. The zero-order valence-electron chi connectivity index (χ0n) is 10.4. The maximum absolute atomic E-state index is 14.1. The van der Waals surface area contributed by atoms with E-state index in [9.17, 15) is 4.39 Å². The summed E-state index contributed by atoms with van der Waals surface area (Å²) < 4.78 is 21.0. The van der Waals surface area contributed by atoms with Crippen LogP contribution in [0.2, 0.25) is 0 Å². The summed E-state index contributed by atoms with van der Waals surface area (Å²) in [6, 6.07) is 5.07. The van der Waals surface area contributed by atoms with Crippen LogP contribution < -0.4 is 4.74 Å². The molecule has 0 spiro atoms. The van der Waals surface area contributed by atoms with Crippen molar-refractivity contribution in [3.63, 3.8) is 0 Å². The highest BCUT2D eigenvalue weighted by molar-refractivity contribution is 6.16. The van der Waals surface area contributed by atoms with Gasteiger partial charge in [-0.15, -0.1) is 21.8 Å². The molecule has 0 N–H and O–H groups in total. The molecule has 0 unspecified atom stereocenters. The first-order chi connectivity index (χ1) is 9.24. The van der Waals surface area contributed by atoms with Gasteiger partial charge in [0.05, 0.1) is 18.6 Å². The molecule has 1 aliphatic rings. The molecule has 0 atom stereocenters. The maximum atomic E-state index is 14.1. The second-order valence-corrected chi connectivity index (χ2v) is 4.79. The van der Waals surface area contributed by atoms with Crippen molar-refractivity contribution in [1.29, 1.82) is 0 Å². The number of alkyl halides is 1. The van der Waals surface area contributed by atoms with E-state index < -0.39 is 0 Å². The van der Waals surface area contributed by atoms with Crippen molar-refractivity contribution in [2.24, 2.45) is 0 Å². The molecular weight excluding hydrogens is 269 g/mol. The van der Waals surface area contributed by atoms with Gasteiger partial charge in [0.2, 0.25) is 0 Å². The van der Waals surface area contributed by atoms with Gasteiger partial charge in [-0.05, 0) is 25.0 Å². The Bertz CT molecular complexity index is 610. The Kier molecular flexibility index (Phi) is 3.14. The van der Waals surface area contributed by atoms with Gasteiger partial charge in [0.15, 0.2) is 5.82 Å². The Hall–Kier alpha value is -1.62. The molecule has 1 aromatic carbocycles. The average molecular weight is 282 g/mol. The van der Waals surface area contributed by atoms with E-state index in [4.69, 9.17) is 16.3 Å². The minimum atomic E-state index is -0.366. The molecule has 1 saturated carbocycles. The largest absolute Gasteiger partial charge is 0.497 e. The quantitative estimate of drug-likeness (QED) is 0.808. The SMILES string of the molecule is COc1ccc(-c2nnc(CCl)n2C2CC2)c(F)c1. The van der Waals surface area contributed by atoms with Gasteiger partial charge in [-0.25, -0.2) is 4.39 Å². The summed E-state index contributed by atoms with van der Waals surface area (Å²) in [7, 11) is 1.51. The molecule has 19 heavy (non-hydrogen) atoms. The molecule has 0 radical (unpaired) electrons. The van der Waals surface area contributed by atoms with E-state index in [2.05, 4.69) is 10.2 Å². The Balaban J connectivity index is 2.09. The number of halogens is 2. The molecule has 1 fully saturated rings. The number of ether oxygens (including phenoxy) is 1. The Morgan fingerprint density at radius 3 is 2.79 bits per heavy atom. The second kappa shape index (κ2) is 4.81. The predicted molar refractivity (Wildman–Crippen MR) is 69.8 cm³/mol. The molecule has 1 aliphatic carbocycles. The van der Waals surface area contributed by atoms with Crippen LogP contribution in [0.1, 0.15) is 24.7 Å². The van der Waals surface area contributed by atoms with Crippen molar-refractivity contribution in [1.82, 2.24) is 14.8 Å². The molecular formula is C13H13ClFN3O. The predicted octanol–water partition coefficient (Wildman–Crippen LogP) is 3.17. The molecule has 1 heterocycles. The van der Waals surface area contributed by atoms with Crippen LogP contribution in [0.4, 0.5) is 4.39 Å². The second-order valence-electron chi connectivity index (χ2n) is 4.52. The van der Waals surface area contributed by atoms with Crippen molar-refractivity contribution in [3.05, 3.63) is 29.8 Å². The fourth-order valence-electron chi connectivity index (χ4n) is 2.12. The Morgan fingerprint density at radius 1 is 1.42 bits per heavy atom. The summed E-state index contributed by atoms with van der Waals surface area (Å²) in [4.78, 5) is 0. The van der Waals surface area contributed by atoms with Crippen LogP contribution in [0, 0.1) is 5.82 Å². The van der Waals surface area contributed by atoms with E-state index in [0.717, 1.165) is 12.8 Å². The molecule has 0 amide bonds. The van der Waals surface area contributed by atoms with Gasteiger partial charge >= 0.3 is 0 Å². The number of benzene rings is 1. The van der Waals surface area contributed by atoms with Crippen molar-refractivity contribution in [2.45, 2.75) is 24.8 Å². The topological polar surface area (TPSA) is 39.9 Å². The molecule has 0 aliphatic heterocycles. The lowest BCUT2D eigenvalue weighted by molar-refractivity contribution is 0.411. The summed E-state index contributed by atoms with van der Waals surface area (Å²) in [5.41, 5.74) is 0.427. The number of nitrogens with zero attached hydrogens (tertiary/aromatic N) is 3. The van der Waals surface area contributed by atoms with Gasteiger partial charge in [-0.1, -0.05) is 0 Å². The fraction of sp³-hybridized carbons (Fsp3) is 0.385. The third kappa shape index (κ3) is 2.18. The zero-order valence-corrected chi connectivity index (χ0v) is 11.2. The number of rotatable bonds is 4. The molecule has 3 rings (SSSR count). The highest BCUT2D eigenvalue weighted by Crippen LogP contribution is 2.39.